The fourth-order valence-corrected chi connectivity index (χ4v) is 4.36. The van der Waals surface area contributed by atoms with Crippen molar-refractivity contribution in [1.82, 2.24) is 15.5 Å². The molecule has 1 aliphatic heterocycles. The smallest absolute Gasteiger partial charge is 0.191 e. The molecule has 3 fully saturated rings. The van der Waals surface area contributed by atoms with Gasteiger partial charge < -0.3 is 15.5 Å². The maximum absolute atomic E-state index is 4.44. The molecular formula is C19H37IN4. The molecule has 0 radical (unpaired) electrons. The highest BCUT2D eigenvalue weighted by Gasteiger charge is 2.34. The predicted octanol–water partition coefficient (Wildman–Crippen LogP) is 3.47. The number of halogens is 1. The van der Waals surface area contributed by atoms with E-state index < -0.39 is 0 Å². The molecule has 24 heavy (non-hydrogen) atoms. The summed E-state index contributed by atoms with van der Waals surface area (Å²) < 4.78 is 0. The summed E-state index contributed by atoms with van der Waals surface area (Å²) in [4.78, 5) is 7.13. The van der Waals surface area contributed by atoms with E-state index in [0.717, 1.165) is 36.3 Å². The fraction of sp³-hybridized carbons (Fsp3) is 0.947. The number of aliphatic imine (C=N–C) groups is 1. The lowest BCUT2D eigenvalue weighted by atomic mass is 9.80. The van der Waals surface area contributed by atoms with Gasteiger partial charge in [-0.3, -0.25) is 4.99 Å². The van der Waals surface area contributed by atoms with E-state index in [1.165, 1.54) is 58.0 Å². The van der Waals surface area contributed by atoms with Crippen molar-refractivity contribution >= 4 is 29.9 Å². The first-order chi connectivity index (χ1) is 11.2. The molecule has 0 aromatic heterocycles. The molecule has 0 spiro atoms. The molecule has 2 aliphatic carbocycles. The largest absolute Gasteiger partial charge is 0.356 e. The molecular weight excluding hydrogens is 411 g/mol. The van der Waals surface area contributed by atoms with Crippen LogP contribution < -0.4 is 10.6 Å². The zero-order valence-corrected chi connectivity index (χ0v) is 18.1. The molecule has 2 N–H and O–H groups in total. The van der Waals surface area contributed by atoms with Gasteiger partial charge in [-0.25, -0.2) is 0 Å². The quantitative estimate of drug-likeness (QED) is 0.385. The third-order valence-electron chi connectivity index (χ3n) is 6.22. The number of nitrogens with one attached hydrogen (secondary N) is 2. The van der Waals surface area contributed by atoms with E-state index in [9.17, 15) is 0 Å². The molecule has 3 aliphatic rings. The zero-order valence-electron chi connectivity index (χ0n) is 15.8. The van der Waals surface area contributed by atoms with E-state index in [4.69, 9.17) is 0 Å². The average molecular weight is 448 g/mol. The van der Waals surface area contributed by atoms with Crippen molar-refractivity contribution in [3.8, 4) is 0 Å². The molecule has 4 nitrogen and oxygen atoms in total. The number of rotatable bonds is 5. The first-order valence-corrected chi connectivity index (χ1v) is 9.87. The van der Waals surface area contributed by atoms with Crippen molar-refractivity contribution in [2.45, 2.75) is 70.9 Å². The SMILES string of the molecule is CN=C(NCC1CCN(C2CC2)C1)NC1CCC(C(C)C)CC1.I. The molecule has 1 saturated heterocycles. The van der Waals surface area contributed by atoms with Crippen LogP contribution in [0.15, 0.2) is 4.99 Å². The Labute approximate surface area is 165 Å². The van der Waals surface area contributed by atoms with E-state index in [1.807, 2.05) is 7.05 Å². The van der Waals surface area contributed by atoms with Crippen molar-refractivity contribution in [2.24, 2.45) is 22.7 Å². The van der Waals surface area contributed by atoms with Crippen LogP contribution in [-0.2, 0) is 0 Å². The summed E-state index contributed by atoms with van der Waals surface area (Å²) in [6.07, 6.45) is 9.53. The van der Waals surface area contributed by atoms with E-state index in [-0.39, 0.29) is 24.0 Å². The summed E-state index contributed by atoms with van der Waals surface area (Å²) in [7, 11) is 1.90. The second kappa shape index (κ2) is 9.60. The van der Waals surface area contributed by atoms with Gasteiger partial charge in [0, 0.05) is 32.2 Å². The van der Waals surface area contributed by atoms with Crippen LogP contribution in [0.3, 0.4) is 0 Å². The van der Waals surface area contributed by atoms with Crippen LogP contribution in [-0.4, -0.2) is 49.6 Å². The van der Waals surface area contributed by atoms with Crippen LogP contribution in [0.25, 0.3) is 0 Å². The fourth-order valence-electron chi connectivity index (χ4n) is 4.36. The predicted molar refractivity (Wildman–Crippen MR) is 113 cm³/mol. The van der Waals surface area contributed by atoms with Gasteiger partial charge in [-0.2, -0.15) is 0 Å². The molecule has 0 aromatic rings. The molecule has 1 atom stereocenters. The normalized spacial score (nSPS) is 31.8. The lowest BCUT2D eigenvalue weighted by Gasteiger charge is -2.32. The second-order valence-corrected chi connectivity index (χ2v) is 8.33. The van der Waals surface area contributed by atoms with Gasteiger partial charge in [0.1, 0.15) is 0 Å². The van der Waals surface area contributed by atoms with Gasteiger partial charge in [-0.15, -0.1) is 24.0 Å². The topological polar surface area (TPSA) is 39.7 Å². The van der Waals surface area contributed by atoms with Crippen LogP contribution in [0.4, 0.5) is 0 Å². The first-order valence-electron chi connectivity index (χ1n) is 9.87. The molecule has 2 saturated carbocycles. The highest BCUT2D eigenvalue weighted by molar-refractivity contribution is 14.0. The van der Waals surface area contributed by atoms with E-state index >= 15 is 0 Å². The average Bonchev–Trinajstić information content (AvgIpc) is 3.30. The first kappa shape index (κ1) is 20.3. The van der Waals surface area contributed by atoms with Crippen molar-refractivity contribution in [3.05, 3.63) is 0 Å². The van der Waals surface area contributed by atoms with Crippen molar-refractivity contribution in [3.63, 3.8) is 0 Å². The molecule has 5 heteroatoms. The Hall–Kier alpha value is -0.0400. The summed E-state index contributed by atoms with van der Waals surface area (Å²) in [5.41, 5.74) is 0. The van der Waals surface area contributed by atoms with Gasteiger partial charge in [-0.05, 0) is 69.2 Å². The Morgan fingerprint density at radius 2 is 1.79 bits per heavy atom. The highest BCUT2D eigenvalue weighted by atomic mass is 127. The van der Waals surface area contributed by atoms with Gasteiger partial charge >= 0.3 is 0 Å². The molecule has 0 bridgehead atoms. The Morgan fingerprint density at radius 1 is 1.08 bits per heavy atom. The minimum absolute atomic E-state index is 0. The number of guanidine groups is 1. The van der Waals surface area contributed by atoms with Crippen LogP contribution in [0.5, 0.6) is 0 Å². The summed E-state index contributed by atoms with van der Waals surface area (Å²) in [6.45, 7) is 8.40. The maximum atomic E-state index is 4.44. The Balaban J connectivity index is 0.00000208. The van der Waals surface area contributed by atoms with E-state index in [0.29, 0.717) is 6.04 Å². The Bertz CT molecular complexity index is 400. The Kier molecular flexibility index (Phi) is 8.11. The van der Waals surface area contributed by atoms with Gasteiger partial charge in [-0.1, -0.05) is 13.8 Å². The van der Waals surface area contributed by atoms with E-state index in [1.54, 1.807) is 0 Å². The molecule has 3 rings (SSSR count). The third-order valence-corrected chi connectivity index (χ3v) is 6.22. The second-order valence-electron chi connectivity index (χ2n) is 8.33. The van der Waals surface area contributed by atoms with E-state index in [2.05, 4.69) is 34.4 Å². The molecule has 0 amide bonds. The van der Waals surface area contributed by atoms with Crippen molar-refractivity contribution in [2.75, 3.05) is 26.7 Å². The minimum Gasteiger partial charge on any atom is -0.356 e. The van der Waals surface area contributed by atoms with Gasteiger partial charge in [0.2, 0.25) is 0 Å². The summed E-state index contributed by atoms with van der Waals surface area (Å²) in [5.74, 6) is 3.58. The minimum atomic E-state index is 0. The monoisotopic (exact) mass is 448 g/mol. The van der Waals surface area contributed by atoms with Crippen molar-refractivity contribution < 1.29 is 0 Å². The molecule has 1 heterocycles. The van der Waals surface area contributed by atoms with Crippen LogP contribution in [0, 0.1) is 17.8 Å². The van der Waals surface area contributed by atoms with Gasteiger partial charge in [0.25, 0.3) is 0 Å². The lowest BCUT2D eigenvalue weighted by molar-refractivity contribution is 0.250. The van der Waals surface area contributed by atoms with Gasteiger partial charge in [0.15, 0.2) is 5.96 Å². The molecule has 0 aromatic carbocycles. The summed E-state index contributed by atoms with van der Waals surface area (Å²) >= 11 is 0. The standard InChI is InChI=1S/C19H36N4.HI/c1-14(2)16-4-6-17(7-5-16)22-19(20-3)21-12-15-10-11-23(13-15)18-8-9-18;/h14-18H,4-13H2,1-3H3,(H2,20,21,22);1H. The summed E-state index contributed by atoms with van der Waals surface area (Å²) in [6, 6.07) is 1.54. The Morgan fingerprint density at radius 3 is 2.38 bits per heavy atom. The number of hydrogen-bond donors (Lipinski definition) is 2. The number of hydrogen-bond acceptors (Lipinski definition) is 2. The summed E-state index contributed by atoms with van der Waals surface area (Å²) in [5, 5.41) is 7.25. The third kappa shape index (κ3) is 5.75. The number of likely N-dealkylation sites (tertiary alicyclic amines) is 1. The highest BCUT2D eigenvalue weighted by Crippen LogP contribution is 2.31. The van der Waals surface area contributed by atoms with Crippen molar-refractivity contribution in [1.29, 1.82) is 0 Å². The van der Waals surface area contributed by atoms with Crippen LogP contribution in [0.1, 0.15) is 58.8 Å². The maximum Gasteiger partial charge on any atom is 0.191 e. The van der Waals surface area contributed by atoms with Crippen LogP contribution >= 0.6 is 24.0 Å². The van der Waals surface area contributed by atoms with Crippen LogP contribution in [0.2, 0.25) is 0 Å². The molecule has 1 unspecified atom stereocenters. The zero-order chi connectivity index (χ0) is 16.2. The lowest BCUT2D eigenvalue weighted by Crippen LogP contribution is -2.46. The molecule has 140 valence electrons. The van der Waals surface area contributed by atoms with Gasteiger partial charge in [0.05, 0.1) is 0 Å². The number of nitrogens with zero attached hydrogens (tertiary/aromatic N) is 2.